The molecule has 2 rings (SSSR count). The number of amides is 1. The van der Waals surface area contributed by atoms with Gasteiger partial charge in [-0.25, -0.2) is 4.98 Å². The normalized spacial score (nSPS) is 17.9. The number of carbonyl (C=O) groups is 1. The van der Waals surface area contributed by atoms with Gasteiger partial charge < -0.3 is 15.5 Å². The molecule has 1 saturated carbocycles. The van der Waals surface area contributed by atoms with Crippen LogP contribution in [0, 0.1) is 19.8 Å². The highest BCUT2D eigenvalue weighted by Crippen LogP contribution is 2.27. The number of hydrogen-bond acceptors (Lipinski definition) is 4. The summed E-state index contributed by atoms with van der Waals surface area (Å²) in [6, 6.07) is 0.0461. The fourth-order valence-corrected chi connectivity index (χ4v) is 2.70. The van der Waals surface area contributed by atoms with Crippen LogP contribution in [0.2, 0.25) is 0 Å². The monoisotopic (exact) mass is 251 g/mol. The largest absolute Gasteiger partial charge is 0.436 e. The molecule has 3 N–H and O–H groups in total. The van der Waals surface area contributed by atoms with E-state index in [0.29, 0.717) is 29.8 Å². The summed E-state index contributed by atoms with van der Waals surface area (Å²) < 4.78 is 5.32. The topological polar surface area (TPSA) is 81.2 Å². The van der Waals surface area contributed by atoms with Gasteiger partial charge >= 0.3 is 0 Å². The third kappa shape index (κ3) is 2.72. The lowest BCUT2D eigenvalue weighted by Gasteiger charge is -2.22. The molecule has 0 saturated heterocycles. The van der Waals surface area contributed by atoms with Crippen molar-refractivity contribution in [2.24, 2.45) is 11.7 Å². The summed E-state index contributed by atoms with van der Waals surface area (Å²) >= 11 is 0. The number of nitrogens with two attached hydrogens (primary N) is 1. The molecule has 0 aliphatic heterocycles. The number of carbonyl (C=O) groups excluding carboxylic acids is 1. The number of nitrogens with one attached hydrogen (secondary N) is 1. The average Bonchev–Trinajstić information content (AvgIpc) is 2.95. The van der Waals surface area contributed by atoms with Crippen molar-refractivity contribution in [3.8, 4) is 0 Å². The number of nitrogens with zero attached hydrogens (tertiary/aromatic N) is 1. The van der Waals surface area contributed by atoms with Crippen molar-refractivity contribution < 1.29 is 9.21 Å². The zero-order chi connectivity index (χ0) is 13.1. The number of hydrogen-bond donors (Lipinski definition) is 2. The molecule has 1 aliphatic carbocycles. The first-order valence-electron chi connectivity index (χ1n) is 6.56. The summed E-state index contributed by atoms with van der Waals surface area (Å²) in [6.07, 6.45) is 4.77. The first-order chi connectivity index (χ1) is 8.61. The smallest absolute Gasteiger partial charge is 0.289 e. The third-order valence-corrected chi connectivity index (χ3v) is 3.65. The summed E-state index contributed by atoms with van der Waals surface area (Å²) in [5.41, 5.74) is 6.39. The van der Waals surface area contributed by atoms with E-state index in [4.69, 9.17) is 10.2 Å². The molecule has 1 aromatic rings. The number of aryl methyl sites for hydroxylation is 2. The summed E-state index contributed by atoms with van der Waals surface area (Å²) in [4.78, 5) is 16.2. The summed E-state index contributed by atoms with van der Waals surface area (Å²) in [7, 11) is 0. The second-order valence-electron chi connectivity index (χ2n) is 5.01. The first-order valence-corrected chi connectivity index (χ1v) is 6.56. The van der Waals surface area contributed by atoms with Gasteiger partial charge in [0.05, 0.1) is 5.69 Å². The van der Waals surface area contributed by atoms with Crippen molar-refractivity contribution in [1.29, 1.82) is 0 Å². The average molecular weight is 251 g/mol. The molecule has 18 heavy (non-hydrogen) atoms. The highest BCUT2D eigenvalue weighted by molar-refractivity contribution is 5.92. The van der Waals surface area contributed by atoms with Gasteiger partial charge in [0.1, 0.15) is 0 Å². The van der Waals surface area contributed by atoms with Gasteiger partial charge in [-0.05, 0) is 25.7 Å². The van der Waals surface area contributed by atoms with Crippen LogP contribution in [0.3, 0.4) is 0 Å². The second kappa shape index (κ2) is 5.52. The molecule has 0 radical (unpaired) electrons. The molecule has 1 unspecified atom stereocenters. The molecule has 5 nitrogen and oxygen atoms in total. The Morgan fingerprint density at radius 1 is 1.50 bits per heavy atom. The van der Waals surface area contributed by atoms with Crippen LogP contribution in [0.25, 0.3) is 0 Å². The fourth-order valence-electron chi connectivity index (χ4n) is 2.70. The Hall–Kier alpha value is -1.36. The van der Waals surface area contributed by atoms with E-state index in [-0.39, 0.29) is 11.9 Å². The first kappa shape index (κ1) is 13.1. The van der Waals surface area contributed by atoms with Gasteiger partial charge in [0.2, 0.25) is 5.76 Å². The van der Waals surface area contributed by atoms with E-state index in [2.05, 4.69) is 10.3 Å². The Balaban J connectivity index is 2.03. The van der Waals surface area contributed by atoms with Crippen molar-refractivity contribution in [2.45, 2.75) is 45.6 Å². The minimum absolute atomic E-state index is 0.0461. The standard InChI is InChI=1S/C13H21N3O2/c1-8-12(18-9(2)15-8)13(17)16-11(7-14)10-5-3-4-6-10/h10-11H,3-7,14H2,1-2H3,(H,16,17). The lowest BCUT2D eigenvalue weighted by atomic mass is 9.98. The summed E-state index contributed by atoms with van der Waals surface area (Å²) in [5.74, 6) is 1.13. The molecule has 1 aliphatic rings. The van der Waals surface area contributed by atoms with Crippen LogP contribution < -0.4 is 11.1 Å². The Morgan fingerprint density at radius 2 is 2.17 bits per heavy atom. The van der Waals surface area contributed by atoms with Crippen molar-refractivity contribution in [3.63, 3.8) is 0 Å². The Kier molecular flexibility index (Phi) is 4.01. The van der Waals surface area contributed by atoms with Gasteiger partial charge in [-0.2, -0.15) is 0 Å². The second-order valence-corrected chi connectivity index (χ2v) is 5.01. The molecular formula is C13H21N3O2. The van der Waals surface area contributed by atoms with E-state index in [9.17, 15) is 4.79 Å². The van der Waals surface area contributed by atoms with E-state index in [1.807, 2.05) is 0 Å². The van der Waals surface area contributed by atoms with Gasteiger partial charge in [0.15, 0.2) is 5.89 Å². The highest BCUT2D eigenvalue weighted by Gasteiger charge is 2.27. The van der Waals surface area contributed by atoms with Crippen molar-refractivity contribution in [1.82, 2.24) is 10.3 Å². The van der Waals surface area contributed by atoms with Crippen LogP contribution in [-0.4, -0.2) is 23.5 Å². The molecule has 5 heteroatoms. The van der Waals surface area contributed by atoms with Gasteiger partial charge in [0.25, 0.3) is 5.91 Å². The third-order valence-electron chi connectivity index (χ3n) is 3.65. The maximum absolute atomic E-state index is 12.1. The van der Waals surface area contributed by atoms with Crippen molar-refractivity contribution in [2.75, 3.05) is 6.54 Å². The highest BCUT2D eigenvalue weighted by atomic mass is 16.4. The van der Waals surface area contributed by atoms with Gasteiger partial charge in [-0.15, -0.1) is 0 Å². The molecule has 1 amide bonds. The Labute approximate surface area is 107 Å². The van der Waals surface area contributed by atoms with E-state index in [1.165, 1.54) is 12.8 Å². The van der Waals surface area contributed by atoms with Crippen molar-refractivity contribution in [3.05, 3.63) is 17.3 Å². The van der Waals surface area contributed by atoms with Crippen LogP contribution in [0.5, 0.6) is 0 Å². The quantitative estimate of drug-likeness (QED) is 0.850. The van der Waals surface area contributed by atoms with E-state index < -0.39 is 0 Å². The van der Waals surface area contributed by atoms with Crippen LogP contribution in [0.1, 0.15) is 47.8 Å². The molecule has 0 aromatic carbocycles. The molecule has 1 atom stereocenters. The van der Waals surface area contributed by atoms with Gasteiger partial charge in [-0.1, -0.05) is 12.8 Å². The number of oxazole rings is 1. The minimum atomic E-state index is -0.199. The van der Waals surface area contributed by atoms with Gasteiger partial charge in [-0.3, -0.25) is 4.79 Å². The van der Waals surface area contributed by atoms with Crippen LogP contribution >= 0.6 is 0 Å². The molecule has 0 bridgehead atoms. The Morgan fingerprint density at radius 3 is 2.67 bits per heavy atom. The molecular weight excluding hydrogens is 230 g/mol. The fraction of sp³-hybridized carbons (Fsp3) is 0.692. The lowest BCUT2D eigenvalue weighted by molar-refractivity contribution is 0.0894. The SMILES string of the molecule is Cc1nc(C)c(C(=O)NC(CN)C2CCCC2)o1. The molecule has 1 heterocycles. The van der Waals surface area contributed by atoms with E-state index in [1.54, 1.807) is 13.8 Å². The maximum Gasteiger partial charge on any atom is 0.289 e. The maximum atomic E-state index is 12.1. The van der Waals surface area contributed by atoms with Gasteiger partial charge in [0, 0.05) is 19.5 Å². The van der Waals surface area contributed by atoms with Crippen LogP contribution in [0.4, 0.5) is 0 Å². The molecule has 100 valence electrons. The van der Waals surface area contributed by atoms with E-state index >= 15 is 0 Å². The number of rotatable bonds is 4. The predicted molar refractivity (Wildman–Crippen MR) is 68.2 cm³/mol. The Bertz CT molecular complexity index is 422. The van der Waals surface area contributed by atoms with Crippen LogP contribution in [0.15, 0.2) is 4.42 Å². The molecule has 1 aromatic heterocycles. The molecule has 0 spiro atoms. The zero-order valence-electron chi connectivity index (χ0n) is 11.0. The van der Waals surface area contributed by atoms with Crippen molar-refractivity contribution >= 4 is 5.91 Å². The summed E-state index contributed by atoms with van der Waals surface area (Å²) in [6.45, 7) is 3.99. The molecule has 1 fully saturated rings. The van der Waals surface area contributed by atoms with Crippen LogP contribution in [-0.2, 0) is 0 Å². The predicted octanol–water partition coefficient (Wildman–Crippen LogP) is 1.54. The summed E-state index contributed by atoms with van der Waals surface area (Å²) in [5, 5.41) is 2.98. The minimum Gasteiger partial charge on any atom is -0.436 e. The lowest BCUT2D eigenvalue weighted by Crippen LogP contribution is -2.44. The zero-order valence-corrected chi connectivity index (χ0v) is 11.0. The number of aromatic nitrogens is 1. The van der Waals surface area contributed by atoms with E-state index in [0.717, 1.165) is 12.8 Å².